The third-order valence-electron chi connectivity index (χ3n) is 3.64. The molecule has 2 atom stereocenters. The number of furan rings is 2. The van der Waals surface area contributed by atoms with Crippen LogP contribution < -0.4 is 10.6 Å². The summed E-state index contributed by atoms with van der Waals surface area (Å²) in [6.45, 7) is 7.88. The minimum absolute atomic E-state index is 0.158. The van der Waals surface area contributed by atoms with Crippen molar-refractivity contribution in [2.75, 3.05) is 13.7 Å². The first kappa shape index (κ1) is 17.1. The lowest BCUT2D eigenvalue weighted by molar-refractivity contribution is 0.156. The lowest BCUT2D eigenvalue weighted by Gasteiger charge is -2.19. The first-order chi connectivity index (χ1) is 10.9. The molecule has 6 nitrogen and oxygen atoms in total. The number of hydrogen-bond acceptors (Lipinski definition) is 4. The number of ether oxygens (including phenoxy) is 1. The Labute approximate surface area is 136 Å². The second kappa shape index (κ2) is 7.37. The van der Waals surface area contributed by atoms with Gasteiger partial charge in [-0.05, 0) is 45.9 Å². The molecule has 0 unspecified atom stereocenters. The van der Waals surface area contributed by atoms with Gasteiger partial charge >= 0.3 is 6.03 Å². The molecule has 126 valence electrons. The van der Waals surface area contributed by atoms with E-state index in [-0.39, 0.29) is 18.1 Å². The van der Waals surface area contributed by atoms with Crippen LogP contribution in [0.5, 0.6) is 0 Å². The van der Waals surface area contributed by atoms with Crippen LogP contribution in [0.15, 0.2) is 27.0 Å². The minimum Gasteiger partial charge on any atom is -0.466 e. The number of carbonyl (C=O) groups is 1. The second-order valence-electron chi connectivity index (χ2n) is 5.66. The van der Waals surface area contributed by atoms with E-state index in [1.807, 2.05) is 45.9 Å². The van der Waals surface area contributed by atoms with Crippen molar-refractivity contribution in [3.05, 3.63) is 46.8 Å². The molecule has 2 aromatic rings. The monoisotopic (exact) mass is 320 g/mol. The van der Waals surface area contributed by atoms with Gasteiger partial charge in [0.1, 0.15) is 29.1 Å². The SMILES string of the molecule is COC[C@@H](NC(=O)N[C@H](C)c1cc(C)oc1C)c1ccc(C)o1. The molecule has 23 heavy (non-hydrogen) atoms. The van der Waals surface area contributed by atoms with Crippen LogP contribution in [0.1, 0.15) is 47.6 Å². The number of aryl methyl sites for hydroxylation is 3. The summed E-state index contributed by atoms with van der Waals surface area (Å²) in [6, 6.07) is 4.85. The molecule has 0 fully saturated rings. The fraction of sp³-hybridized carbons (Fsp3) is 0.471. The van der Waals surface area contributed by atoms with E-state index < -0.39 is 0 Å². The van der Waals surface area contributed by atoms with E-state index in [0.717, 1.165) is 22.8 Å². The van der Waals surface area contributed by atoms with Gasteiger partial charge in [-0.25, -0.2) is 4.79 Å². The number of urea groups is 1. The van der Waals surface area contributed by atoms with Crippen LogP contribution in [0, 0.1) is 20.8 Å². The fourth-order valence-corrected chi connectivity index (χ4v) is 2.56. The molecule has 2 rings (SSSR count). The van der Waals surface area contributed by atoms with Crippen LogP contribution >= 0.6 is 0 Å². The maximum atomic E-state index is 12.3. The number of carbonyl (C=O) groups excluding carboxylic acids is 1. The van der Waals surface area contributed by atoms with Gasteiger partial charge in [0.15, 0.2) is 0 Å². The normalized spacial score (nSPS) is 13.6. The Balaban J connectivity index is 2.00. The van der Waals surface area contributed by atoms with Gasteiger partial charge in [0.05, 0.1) is 12.6 Å². The smallest absolute Gasteiger partial charge is 0.315 e. The highest BCUT2D eigenvalue weighted by Crippen LogP contribution is 2.21. The van der Waals surface area contributed by atoms with Crippen LogP contribution in [-0.4, -0.2) is 19.7 Å². The highest BCUT2D eigenvalue weighted by atomic mass is 16.5. The van der Waals surface area contributed by atoms with Gasteiger partial charge in [-0.15, -0.1) is 0 Å². The maximum absolute atomic E-state index is 12.3. The second-order valence-corrected chi connectivity index (χ2v) is 5.66. The van der Waals surface area contributed by atoms with E-state index in [1.54, 1.807) is 7.11 Å². The summed E-state index contributed by atoms with van der Waals surface area (Å²) >= 11 is 0. The maximum Gasteiger partial charge on any atom is 0.315 e. The van der Waals surface area contributed by atoms with E-state index in [0.29, 0.717) is 12.4 Å². The Hall–Kier alpha value is -2.21. The third-order valence-corrected chi connectivity index (χ3v) is 3.64. The van der Waals surface area contributed by atoms with Crippen molar-refractivity contribution >= 4 is 6.03 Å². The molecule has 2 amide bonds. The molecule has 0 saturated heterocycles. The van der Waals surface area contributed by atoms with E-state index in [2.05, 4.69) is 10.6 Å². The Morgan fingerprint density at radius 3 is 2.43 bits per heavy atom. The molecular weight excluding hydrogens is 296 g/mol. The highest BCUT2D eigenvalue weighted by Gasteiger charge is 2.20. The summed E-state index contributed by atoms with van der Waals surface area (Å²) in [5.74, 6) is 3.10. The highest BCUT2D eigenvalue weighted by molar-refractivity contribution is 5.75. The minimum atomic E-state index is -0.340. The first-order valence-corrected chi connectivity index (χ1v) is 7.60. The van der Waals surface area contributed by atoms with Crippen LogP contribution in [0.2, 0.25) is 0 Å². The molecule has 6 heteroatoms. The van der Waals surface area contributed by atoms with Gasteiger partial charge < -0.3 is 24.2 Å². The summed E-state index contributed by atoms with van der Waals surface area (Å²) in [5, 5.41) is 5.78. The molecule has 0 aromatic carbocycles. The molecule has 0 spiro atoms. The molecular formula is C17H24N2O4. The van der Waals surface area contributed by atoms with E-state index in [9.17, 15) is 4.79 Å². The molecule has 0 radical (unpaired) electrons. The summed E-state index contributed by atoms with van der Waals surface area (Å²) in [6.07, 6.45) is 0. The van der Waals surface area contributed by atoms with Crippen LogP contribution in [0.3, 0.4) is 0 Å². The zero-order valence-corrected chi connectivity index (χ0v) is 14.2. The van der Waals surface area contributed by atoms with Crippen molar-refractivity contribution < 1.29 is 18.4 Å². The quantitative estimate of drug-likeness (QED) is 0.853. The van der Waals surface area contributed by atoms with Crippen LogP contribution in [-0.2, 0) is 4.74 Å². The van der Waals surface area contributed by atoms with Gasteiger partial charge in [0.2, 0.25) is 0 Å². The van der Waals surface area contributed by atoms with Crippen molar-refractivity contribution in [2.24, 2.45) is 0 Å². The predicted molar refractivity (Wildman–Crippen MR) is 86.3 cm³/mol. The van der Waals surface area contributed by atoms with Gasteiger partial charge in [-0.1, -0.05) is 0 Å². The molecule has 0 saturated carbocycles. The van der Waals surface area contributed by atoms with Crippen molar-refractivity contribution in [3.63, 3.8) is 0 Å². The molecule has 0 aliphatic heterocycles. The topological polar surface area (TPSA) is 76.6 Å². The number of amides is 2. The molecule has 0 aliphatic carbocycles. The van der Waals surface area contributed by atoms with Gasteiger partial charge in [0.25, 0.3) is 0 Å². The molecule has 0 aliphatic rings. The summed E-state index contributed by atoms with van der Waals surface area (Å²) in [5.41, 5.74) is 0.967. The number of nitrogens with one attached hydrogen (secondary N) is 2. The average molecular weight is 320 g/mol. The van der Waals surface area contributed by atoms with E-state index >= 15 is 0 Å². The Kier molecular flexibility index (Phi) is 5.50. The lowest BCUT2D eigenvalue weighted by atomic mass is 10.1. The molecule has 2 aromatic heterocycles. The Morgan fingerprint density at radius 1 is 1.17 bits per heavy atom. The van der Waals surface area contributed by atoms with E-state index in [1.165, 1.54) is 0 Å². The van der Waals surface area contributed by atoms with Crippen LogP contribution in [0.25, 0.3) is 0 Å². The van der Waals surface area contributed by atoms with Crippen LogP contribution in [0.4, 0.5) is 4.79 Å². The van der Waals surface area contributed by atoms with Gasteiger partial charge in [-0.2, -0.15) is 0 Å². The van der Waals surface area contributed by atoms with Crippen molar-refractivity contribution in [1.82, 2.24) is 10.6 Å². The largest absolute Gasteiger partial charge is 0.466 e. The van der Waals surface area contributed by atoms with Gasteiger partial charge in [0, 0.05) is 12.7 Å². The Morgan fingerprint density at radius 2 is 1.91 bits per heavy atom. The fourth-order valence-electron chi connectivity index (χ4n) is 2.56. The number of rotatable bonds is 6. The third kappa shape index (κ3) is 4.39. The lowest BCUT2D eigenvalue weighted by Crippen LogP contribution is -2.40. The molecule has 0 bridgehead atoms. The zero-order valence-electron chi connectivity index (χ0n) is 14.2. The molecule has 2 N–H and O–H groups in total. The van der Waals surface area contributed by atoms with Gasteiger partial charge in [-0.3, -0.25) is 0 Å². The first-order valence-electron chi connectivity index (χ1n) is 7.60. The number of methoxy groups -OCH3 is 1. The predicted octanol–water partition coefficient (Wildman–Crippen LogP) is 3.55. The number of hydrogen-bond donors (Lipinski definition) is 2. The van der Waals surface area contributed by atoms with Crippen molar-refractivity contribution in [1.29, 1.82) is 0 Å². The molecule has 2 heterocycles. The average Bonchev–Trinajstić information content (AvgIpc) is 3.04. The standard InChI is InChI=1S/C17H24N2O4/c1-10-6-7-16(23-10)15(9-21-5)19-17(20)18-12(3)14-8-11(2)22-13(14)4/h6-8,12,15H,9H2,1-5H3,(H2,18,19,20)/t12-,15-/m1/s1. The van der Waals surface area contributed by atoms with E-state index in [4.69, 9.17) is 13.6 Å². The van der Waals surface area contributed by atoms with Crippen molar-refractivity contribution in [3.8, 4) is 0 Å². The summed E-state index contributed by atoms with van der Waals surface area (Å²) in [7, 11) is 1.59. The zero-order chi connectivity index (χ0) is 17.0. The van der Waals surface area contributed by atoms with Crippen molar-refractivity contribution in [2.45, 2.75) is 39.8 Å². The summed E-state index contributed by atoms with van der Waals surface area (Å²) < 4.78 is 16.2. The Bertz CT molecular complexity index is 659. The summed E-state index contributed by atoms with van der Waals surface area (Å²) in [4.78, 5) is 12.3.